The van der Waals surface area contributed by atoms with Crippen LogP contribution >= 0.6 is 11.3 Å². The van der Waals surface area contributed by atoms with Gasteiger partial charge in [0.15, 0.2) is 11.5 Å². The highest BCUT2D eigenvalue weighted by Gasteiger charge is 2.17. The number of carbonyl (C=O) groups excluding carboxylic acids is 2. The standard InChI is InChI=1S/C20H27N3O4S/c1-6-9-27-15-8-7-14(11-16(15)26-5)19(24)22-23-20(25)18-13(4)21-17(28-18)10-12(2)3/h7-8,11-12H,6,9-10H2,1-5H3,(H,22,24)(H,23,25). The largest absolute Gasteiger partial charge is 0.493 e. The summed E-state index contributed by atoms with van der Waals surface area (Å²) in [6, 6.07) is 4.87. The molecular weight excluding hydrogens is 378 g/mol. The van der Waals surface area contributed by atoms with E-state index in [4.69, 9.17) is 9.47 Å². The Hall–Kier alpha value is -2.61. The normalized spacial score (nSPS) is 10.6. The summed E-state index contributed by atoms with van der Waals surface area (Å²) in [6.07, 6.45) is 1.69. The van der Waals surface area contributed by atoms with E-state index in [-0.39, 0.29) is 5.91 Å². The molecule has 2 rings (SSSR count). The van der Waals surface area contributed by atoms with Crippen molar-refractivity contribution in [2.24, 2.45) is 5.92 Å². The van der Waals surface area contributed by atoms with E-state index in [1.54, 1.807) is 25.1 Å². The van der Waals surface area contributed by atoms with Gasteiger partial charge in [-0.25, -0.2) is 4.98 Å². The smallest absolute Gasteiger partial charge is 0.281 e. The molecule has 0 aliphatic rings. The molecule has 1 heterocycles. The van der Waals surface area contributed by atoms with Crippen molar-refractivity contribution >= 4 is 23.2 Å². The van der Waals surface area contributed by atoms with Crippen LogP contribution in [0.1, 0.15) is 57.9 Å². The molecule has 0 aliphatic carbocycles. The summed E-state index contributed by atoms with van der Waals surface area (Å²) in [4.78, 5) is 29.7. The van der Waals surface area contributed by atoms with Crippen molar-refractivity contribution in [3.63, 3.8) is 0 Å². The van der Waals surface area contributed by atoms with Crippen LogP contribution in [0.5, 0.6) is 11.5 Å². The van der Waals surface area contributed by atoms with E-state index in [1.165, 1.54) is 18.4 Å². The molecule has 0 unspecified atom stereocenters. The number of carbonyl (C=O) groups is 2. The molecule has 1 aromatic heterocycles. The second-order valence-electron chi connectivity index (χ2n) is 6.74. The SMILES string of the molecule is CCCOc1ccc(C(=O)NNC(=O)c2sc(CC(C)C)nc2C)cc1OC. The summed E-state index contributed by atoms with van der Waals surface area (Å²) in [5.41, 5.74) is 5.89. The van der Waals surface area contributed by atoms with Gasteiger partial charge < -0.3 is 9.47 Å². The van der Waals surface area contributed by atoms with E-state index in [0.717, 1.165) is 17.8 Å². The maximum Gasteiger partial charge on any atom is 0.281 e. The number of rotatable bonds is 8. The highest BCUT2D eigenvalue weighted by Crippen LogP contribution is 2.28. The number of hydrogen-bond acceptors (Lipinski definition) is 6. The van der Waals surface area contributed by atoms with Gasteiger partial charge >= 0.3 is 0 Å². The fraction of sp³-hybridized carbons (Fsp3) is 0.450. The van der Waals surface area contributed by atoms with Crippen LogP contribution in [0.25, 0.3) is 0 Å². The fourth-order valence-electron chi connectivity index (χ4n) is 2.48. The molecular formula is C20H27N3O4S. The van der Waals surface area contributed by atoms with Crippen LogP contribution in [0, 0.1) is 12.8 Å². The van der Waals surface area contributed by atoms with E-state index in [2.05, 4.69) is 29.7 Å². The number of hydrogen-bond donors (Lipinski definition) is 2. The first-order valence-corrected chi connectivity index (χ1v) is 10.0. The zero-order valence-electron chi connectivity index (χ0n) is 16.9. The summed E-state index contributed by atoms with van der Waals surface area (Å²) >= 11 is 1.35. The number of thiazole rings is 1. The van der Waals surface area contributed by atoms with E-state index in [9.17, 15) is 9.59 Å². The molecule has 0 saturated heterocycles. The van der Waals surface area contributed by atoms with Crippen molar-refractivity contribution < 1.29 is 19.1 Å². The lowest BCUT2D eigenvalue weighted by Gasteiger charge is -2.12. The van der Waals surface area contributed by atoms with Gasteiger partial charge in [-0.1, -0.05) is 20.8 Å². The maximum atomic E-state index is 12.4. The van der Waals surface area contributed by atoms with Gasteiger partial charge in [0.1, 0.15) is 4.88 Å². The monoisotopic (exact) mass is 405 g/mol. The van der Waals surface area contributed by atoms with Crippen molar-refractivity contribution in [3.8, 4) is 11.5 Å². The topological polar surface area (TPSA) is 89.6 Å². The number of aromatic nitrogens is 1. The first-order chi connectivity index (χ1) is 13.3. The number of amides is 2. The first-order valence-electron chi connectivity index (χ1n) is 9.23. The van der Waals surface area contributed by atoms with Gasteiger partial charge in [0.25, 0.3) is 11.8 Å². The maximum absolute atomic E-state index is 12.4. The number of ether oxygens (including phenoxy) is 2. The van der Waals surface area contributed by atoms with Crippen molar-refractivity contribution in [3.05, 3.63) is 39.3 Å². The van der Waals surface area contributed by atoms with Gasteiger partial charge in [-0.05, 0) is 37.5 Å². The van der Waals surface area contributed by atoms with Gasteiger partial charge in [0, 0.05) is 12.0 Å². The Morgan fingerprint density at radius 2 is 1.89 bits per heavy atom. The second kappa shape index (κ2) is 10.1. The summed E-state index contributed by atoms with van der Waals surface area (Å²) in [6.45, 7) is 8.56. The fourth-order valence-corrected chi connectivity index (χ4v) is 3.65. The van der Waals surface area contributed by atoms with Gasteiger partial charge in [-0.3, -0.25) is 20.4 Å². The Morgan fingerprint density at radius 3 is 2.54 bits per heavy atom. The highest BCUT2D eigenvalue weighted by molar-refractivity contribution is 7.13. The number of hydrazine groups is 1. The minimum atomic E-state index is -0.446. The molecule has 0 atom stereocenters. The molecule has 7 nitrogen and oxygen atoms in total. The van der Waals surface area contributed by atoms with Crippen LogP contribution in [-0.4, -0.2) is 30.5 Å². The number of methoxy groups -OCH3 is 1. The van der Waals surface area contributed by atoms with E-state index < -0.39 is 5.91 Å². The Bertz CT molecular complexity index is 833. The third-order valence-corrected chi connectivity index (χ3v) is 4.99. The molecule has 28 heavy (non-hydrogen) atoms. The lowest BCUT2D eigenvalue weighted by molar-refractivity contribution is 0.0848. The van der Waals surface area contributed by atoms with Crippen molar-refractivity contribution in [1.82, 2.24) is 15.8 Å². The van der Waals surface area contributed by atoms with Crippen LogP contribution in [0.3, 0.4) is 0 Å². The second-order valence-corrected chi connectivity index (χ2v) is 7.83. The summed E-state index contributed by atoms with van der Waals surface area (Å²) < 4.78 is 10.9. The van der Waals surface area contributed by atoms with Gasteiger partial charge in [-0.2, -0.15) is 0 Å². The summed E-state index contributed by atoms with van der Waals surface area (Å²) in [5, 5.41) is 0.913. The van der Waals surface area contributed by atoms with Gasteiger partial charge in [0.05, 0.1) is 24.4 Å². The Morgan fingerprint density at radius 1 is 1.18 bits per heavy atom. The highest BCUT2D eigenvalue weighted by atomic mass is 32.1. The van der Waals surface area contributed by atoms with Crippen LogP contribution in [0.4, 0.5) is 0 Å². The zero-order valence-corrected chi connectivity index (χ0v) is 17.7. The molecule has 0 fully saturated rings. The van der Waals surface area contributed by atoms with Gasteiger partial charge in [0.2, 0.25) is 0 Å². The number of nitrogens with one attached hydrogen (secondary N) is 2. The number of benzene rings is 1. The molecule has 8 heteroatoms. The molecule has 0 bridgehead atoms. The molecule has 152 valence electrons. The van der Waals surface area contributed by atoms with Crippen LogP contribution < -0.4 is 20.3 Å². The van der Waals surface area contributed by atoms with E-state index in [1.807, 2.05) is 6.92 Å². The predicted octanol–water partition coefficient (Wildman–Crippen LogP) is 3.52. The average molecular weight is 406 g/mol. The molecule has 0 saturated carbocycles. The molecule has 2 N–H and O–H groups in total. The van der Waals surface area contributed by atoms with Crippen LogP contribution in [-0.2, 0) is 6.42 Å². The van der Waals surface area contributed by atoms with Gasteiger partial charge in [-0.15, -0.1) is 11.3 Å². The van der Waals surface area contributed by atoms with Crippen molar-refractivity contribution in [2.45, 2.75) is 40.5 Å². The third kappa shape index (κ3) is 5.69. The number of aryl methyl sites for hydroxylation is 1. The average Bonchev–Trinajstić information content (AvgIpc) is 3.03. The Labute approximate surface area is 169 Å². The minimum absolute atomic E-state index is 0.350. The first kappa shape index (κ1) is 21.7. The van der Waals surface area contributed by atoms with E-state index >= 15 is 0 Å². The summed E-state index contributed by atoms with van der Waals surface area (Å²) in [5.74, 6) is 0.666. The Balaban J connectivity index is 2.01. The predicted molar refractivity (Wildman–Crippen MR) is 109 cm³/mol. The van der Waals surface area contributed by atoms with Crippen molar-refractivity contribution in [1.29, 1.82) is 0 Å². The minimum Gasteiger partial charge on any atom is -0.493 e. The molecule has 0 radical (unpaired) electrons. The Kier molecular flexibility index (Phi) is 7.80. The summed E-state index contributed by atoms with van der Waals surface area (Å²) in [7, 11) is 1.51. The van der Waals surface area contributed by atoms with Crippen LogP contribution in [0.2, 0.25) is 0 Å². The lowest BCUT2D eigenvalue weighted by Crippen LogP contribution is -2.41. The zero-order chi connectivity index (χ0) is 20.7. The van der Waals surface area contributed by atoms with Crippen molar-refractivity contribution in [2.75, 3.05) is 13.7 Å². The van der Waals surface area contributed by atoms with E-state index in [0.29, 0.717) is 40.2 Å². The third-order valence-electron chi connectivity index (χ3n) is 3.81. The molecule has 2 aromatic rings. The lowest BCUT2D eigenvalue weighted by atomic mass is 10.1. The quantitative estimate of drug-likeness (QED) is 0.656. The molecule has 0 aliphatic heterocycles. The molecule has 0 spiro atoms. The van der Waals surface area contributed by atoms with Crippen LogP contribution in [0.15, 0.2) is 18.2 Å². The molecule has 1 aromatic carbocycles. The number of nitrogens with zero attached hydrogens (tertiary/aromatic N) is 1. The molecule has 2 amide bonds.